The van der Waals surface area contributed by atoms with Crippen LogP contribution < -0.4 is 5.32 Å². The topological polar surface area (TPSA) is 82.5 Å². The molecule has 1 aromatic heterocycles. The number of hydrogen-bond acceptors (Lipinski definition) is 5. The number of aromatic nitrogens is 1. The number of nitrogens with zero attached hydrogens (tertiary/aromatic N) is 2. The highest BCUT2D eigenvalue weighted by Gasteiger charge is 2.16. The average Bonchev–Trinajstić information content (AvgIpc) is 2.79. The van der Waals surface area contributed by atoms with E-state index in [1.54, 1.807) is 18.9 Å². The predicted molar refractivity (Wildman–Crippen MR) is 82.5 cm³/mol. The molecule has 0 bridgehead atoms. The molecule has 1 unspecified atom stereocenters. The fourth-order valence-electron chi connectivity index (χ4n) is 1.94. The first-order valence-corrected chi connectivity index (χ1v) is 7.34. The van der Waals surface area contributed by atoms with Crippen molar-refractivity contribution in [2.75, 3.05) is 25.5 Å². The summed E-state index contributed by atoms with van der Waals surface area (Å²) >= 11 is 1.42. The average molecular weight is 307 g/mol. The van der Waals surface area contributed by atoms with Crippen LogP contribution in [0.1, 0.15) is 6.92 Å². The number of thiazole rings is 1. The van der Waals surface area contributed by atoms with Gasteiger partial charge in [0.1, 0.15) is 0 Å². The number of carbonyl (C=O) groups excluding carboxylic acids is 1. The van der Waals surface area contributed by atoms with Crippen molar-refractivity contribution in [2.24, 2.45) is 5.92 Å². The van der Waals surface area contributed by atoms with E-state index in [0.717, 1.165) is 10.2 Å². The molecule has 0 saturated carbocycles. The van der Waals surface area contributed by atoms with Gasteiger partial charge in [-0.2, -0.15) is 0 Å². The van der Waals surface area contributed by atoms with Crippen molar-refractivity contribution in [3.8, 4) is 0 Å². The molecule has 1 heterocycles. The van der Waals surface area contributed by atoms with Crippen molar-refractivity contribution < 1.29 is 14.7 Å². The Morgan fingerprint density at radius 2 is 2.14 bits per heavy atom. The van der Waals surface area contributed by atoms with Gasteiger partial charge in [-0.05, 0) is 19.2 Å². The summed E-state index contributed by atoms with van der Waals surface area (Å²) in [4.78, 5) is 28.7. The molecule has 0 spiro atoms. The number of carbonyl (C=O) groups is 2. The molecular formula is C14H17N3O3S. The monoisotopic (exact) mass is 307 g/mol. The Bertz CT molecular complexity index is 623. The molecular weight excluding hydrogens is 290 g/mol. The first-order chi connectivity index (χ1) is 9.95. The molecule has 0 radical (unpaired) electrons. The van der Waals surface area contributed by atoms with Gasteiger partial charge in [0.15, 0.2) is 5.13 Å². The van der Waals surface area contributed by atoms with E-state index < -0.39 is 11.9 Å². The predicted octanol–water partition coefficient (Wildman–Crippen LogP) is 1.89. The van der Waals surface area contributed by atoms with Crippen molar-refractivity contribution in [2.45, 2.75) is 6.92 Å². The second-order valence-electron chi connectivity index (χ2n) is 4.97. The number of benzene rings is 1. The highest BCUT2D eigenvalue weighted by Crippen LogP contribution is 2.25. The first kappa shape index (κ1) is 15.4. The Hall–Kier alpha value is -1.99. The largest absolute Gasteiger partial charge is 0.481 e. The van der Waals surface area contributed by atoms with Gasteiger partial charge in [-0.1, -0.05) is 30.4 Å². The van der Waals surface area contributed by atoms with Gasteiger partial charge in [0.05, 0.1) is 22.7 Å². The molecule has 2 N–H and O–H groups in total. The number of hydrogen-bond donors (Lipinski definition) is 2. The van der Waals surface area contributed by atoms with Crippen LogP contribution in [-0.4, -0.2) is 47.0 Å². The van der Waals surface area contributed by atoms with Crippen LogP contribution in [0.3, 0.4) is 0 Å². The Morgan fingerprint density at radius 3 is 2.81 bits per heavy atom. The minimum absolute atomic E-state index is 0.132. The van der Waals surface area contributed by atoms with Crippen LogP contribution in [0.4, 0.5) is 5.13 Å². The fourth-order valence-corrected chi connectivity index (χ4v) is 2.82. The Morgan fingerprint density at radius 1 is 1.43 bits per heavy atom. The smallest absolute Gasteiger partial charge is 0.307 e. The highest BCUT2D eigenvalue weighted by atomic mass is 32.1. The summed E-state index contributed by atoms with van der Waals surface area (Å²) in [6, 6.07) is 7.66. The molecule has 21 heavy (non-hydrogen) atoms. The van der Waals surface area contributed by atoms with E-state index >= 15 is 0 Å². The summed E-state index contributed by atoms with van der Waals surface area (Å²) in [7, 11) is 1.72. The maximum Gasteiger partial charge on any atom is 0.307 e. The van der Waals surface area contributed by atoms with Gasteiger partial charge in [0, 0.05) is 6.54 Å². The lowest BCUT2D eigenvalue weighted by atomic mass is 10.2. The zero-order valence-electron chi connectivity index (χ0n) is 11.9. The summed E-state index contributed by atoms with van der Waals surface area (Å²) in [6.07, 6.45) is 0. The number of amides is 1. The SMILES string of the molecule is CC(CN(C)CC(=O)Nc1nc2ccccc2s1)C(=O)O. The summed E-state index contributed by atoms with van der Waals surface area (Å²) in [5.41, 5.74) is 0.852. The second kappa shape index (κ2) is 6.64. The van der Waals surface area contributed by atoms with Crippen LogP contribution in [0, 0.1) is 5.92 Å². The number of rotatable bonds is 6. The van der Waals surface area contributed by atoms with Gasteiger partial charge >= 0.3 is 5.97 Å². The Kier molecular flexibility index (Phi) is 4.87. The van der Waals surface area contributed by atoms with Gasteiger partial charge in [0.2, 0.25) is 5.91 Å². The van der Waals surface area contributed by atoms with Crippen molar-refractivity contribution in [3.63, 3.8) is 0 Å². The lowest BCUT2D eigenvalue weighted by molar-refractivity contribution is -0.141. The molecule has 1 atom stereocenters. The molecule has 112 valence electrons. The van der Waals surface area contributed by atoms with Gasteiger partial charge < -0.3 is 10.4 Å². The Balaban J connectivity index is 1.90. The fraction of sp³-hybridized carbons (Fsp3) is 0.357. The van der Waals surface area contributed by atoms with Crippen LogP contribution in [0.5, 0.6) is 0 Å². The highest BCUT2D eigenvalue weighted by molar-refractivity contribution is 7.22. The van der Waals surface area contributed by atoms with E-state index in [0.29, 0.717) is 11.7 Å². The maximum absolute atomic E-state index is 11.9. The maximum atomic E-state index is 11.9. The van der Waals surface area contributed by atoms with Crippen molar-refractivity contribution in [1.82, 2.24) is 9.88 Å². The molecule has 7 heteroatoms. The number of aliphatic carboxylic acids is 1. The third-order valence-corrected chi connectivity index (χ3v) is 3.91. The van der Waals surface area contributed by atoms with E-state index in [2.05, 4.69) is 10.3 Å². The summed E-state index contributed by atoms with van der Waals surface area (Å²) in [6.45, 7) is 2.07. The van der Waals surface area contributed by atoms with E-state index in [4.69, 9.17) is 5.11 Å². The molecule has 2 aromatic rings. The lowest BCUT2D eigenvalue weighted by Crippen LogP contribution is -2.35. The number of likely N-dealkylation sites (N-methyl/N-ethyl adjacent to an activating group) is 1. The second-order valence-corrected chi connectivity index (χ2v) is 6.00. The summed E-state index contributed by atoms with van der Waals surface area (Å²) in [5, 5.41) is 12.1. The molecule has 6 nitrogen and oxygen atoms in total. The third kappa shape index (κ3) is 4.24. The van der Waals surface area contributed by atoms with Gasteiger partial charge in [-0.3, -0.25) is 14.5 Å². The van der Waals surface area contributed by atoms with E-state index in [-0.39, 0.29) is 12.5 Å². The third-order valence-electron chi connectivity index (χ3n) is 2.96. The van der Waals surface area contributed by atoms with Crippen LogP contribution in [0.15, 0.2) is 24.3 Å². The van der Waals surface area contributed by atoms with Crippen LogP contribution in [0.2, 0.25) is 0 Å². The molecule has 1 amide bonds. The van der Waals surface area contributed by atoms with E-state index in [1.165, 1.54) is 11.3 Å². The quantitative estimate of drug-likeness (QED) is 0.851. The van der Waals surface area contributed by atoms with Crippen LogP contribution >= 0.6 is 11.3 Å². The first-order valence-electron chi connectivity index (χ1n) is 6.52. The van der Waals surface area contributed by atoms with Gasteiger partial charge in [0.25, 0.3) is 0 Å². The molecule has 1 aromatic carbocycles. The zero-order valence-corrected chi connectivity index (χ0v) is 12.7. The molecule has 0 aliphatic heterocycles. The van der Waals surface area contributed by atoms with Gasteiger partial charge in [-0.25, -0.2) is 4.98 Å². The minimum Gasteiger partial charge on any atom is -0.481 e. The minimum atomic E-state index is -0.867. The number of nitrogens with one attached hydrogen (secondary N) is 1. The molecule has 2 rings (SSSR count). The molecule has 0 saturated heterocycles. The molecule has 0 fully saturated rings. The lowest BCUT2D eigenvalue weighted by Gasteiger charge is -2.17. The number of carboxylic acids is 1. The van der Waals surface area contributed by atoms with E-state index in [9.17, 15) is 9.59 Å². The zero-order chi connectivity index (χ0) is 15.4. The molecule has 0 aliphatic carbocycles. The molecule has 0 aliphatic rings. The normalized spacial score (nSPS) is 12.5. The van der Waals surface area contributed by atoms with Gasteiger partial charge in [-0.15, -0.1) is 0 Å². The summed E-state index contributed by atoms with van der Waals surface area (Å²) in [5.74, 6) is -1.58. The number of anilines is 1. The van der Waals surface area contributed by atoms with Crippen LogP contribution in [-0.2, 0) is 9.59 Å². The number of para-hydroxylation sites is 1. The number of carboxylic acid groups (broad SMARTS) is 1. The Labute approximate surface area is 126 Å². The number of fused-ring (bicyclic) bond motifs is 1. The van der Waals surface area contributed by atoms with Crippen LogP contribution in [0.25, 0.3) is 10.2 Å². The van der Waals surface area contributed by atoms with Crippen molar-refractivity contribution in [3.05, 3.63) is 24.3 Å². The van der Waals surface area contributed by atoms with Crippen molar-refractivity contribution in [1.29, 1.82) is 0 Å². The standard InChI is InChI=1S/C14H17N3O3S/c1-9(13(19)20)7-17(2)8-12(18)16-14-15-10-5-3-4-6-11(10)21-14/h3-6,9H,7-8H2,1-2H3,(H,19,20)(H,15,16,18). The van der Waals surface area contributed by atoms with Crippen molar-refractivity contribution >= 4 is 38.6 Å². The summed E-state index contributed by atoms with van der Waals surface area (Å²) < 4.78 is 1.01. The van der Waals surface area contributed by atoms with E-state index in [1.807, 2.05) is 24.3 Å².